The molecule has 0 radical (unpaired) electrons. The molecule has 21 heteroatoms. The number of hydrogen-bond acceptors (Lipinski definition) is 16. The fourth-order valence-corrected chi connectivity index (χ4v) is 8.73. The van der Waals surface area contributed by atoms with Gasteiger partial charge in [-0.2, -0.15) is 9.29 Å². The maximum absolute atomic E-state index is 12.8. The molecule has 0 aliphatic carbocycles. The number of aromatic nitrogens is 2. The van der Waals surface area contributed by atoms with Crippen molar-refractivity contribution in [3.63, 3.8) is 0 Å². The lowest BCUT2D eigenvalue weighted by atomic mass is 10.0. The minimum atomic E-state index is -5.46. The van der Waals surface area contributed by atoms with Gasteiger partial charge in [-0.1, -0.05) is 128 Å². The Labute approximate surface area is 383 Å². The minimum absolute atomic E-state index is 0.0848. The Morgan fingerprint density at radius 1 is 0.846 bits per heavy atom. The molecule has 1 aliphatic rings. The average Bonchev–Trinajstić information content (AvgIpc) is 3.51. The number of aliphatic hydroxyl groups excluding tert-OH is 3. The Kier molecular flexibility index (Phi) is 29.1. The molecule has 1 aromatic heterocycles. The molecule has 1 fully saturated rings. The number of unbranched alkanes of at least 4 members (excludes halogenated alkanes) is 11. The van der Waals surface area contributed by atoms with Gasteiger partial charge in [0.15, 0.2) is 12.3 Å². The summed E-state index contributed by atoms with van der Waals surface area (Å²) in [5.74, 6) is -0.852. The van der Waals surface area contributed by atoms with Crippen LogP contribution in [0.3, 0.4) is 0 Å². The number of carbonyl (C=O) groups excluding carboxylic acids is 2. The number of nitrogen functional groups attached to an aromatic ring is 1. The van der Waals surface area contributed by atoms with Crippen molar-refractivity contribution in [1.82, 2.24) is 9.55 Å². The molecule has 2 rings (SSSR count). The molecule has 2 heterocycles. The highest BCUT2D eigenvalue weighted by Crippen LogP contribution is 2.60. The van der Waals surface area contributed by atoms with Gasteiger partial charge in [-0.25, -0.2) is 13.9 Å². The summed E-state index contributed by atoms with van der Waals surface area (Å²) in [4.78, 5) is 61.6. The van der Waals surface area contributed by atoms with Crippen LogP contribution in [0.1, 0.15) is 149 Å². The van der Waals surface area contributed by atoms with Crippen molar-refractivity contribution < 1.29 is 71.4 Å². The fourth-order valence-electron chi connectivity index (χ4n) is 6.62. The van der Waals surface area contributed by atoms with Gasteiger partial charge in [0.25, 0.3) is 0 Å². The largest absolute Gasteiger partial charge is 0.481 e. The number of carbonyl (C=O) groups is 2. The van der Waals surface area contributed by atoms with E-state index in [-0.39, 0.29) is 31.5 Å². The second kappa shape index (κ2) is 32.6. The van der Waals surface area contributed by atoms with Gasteiger partial charge in [0.2, 0.25) is 0 Å². The van der Waals surface area contributed by atoms with Crippen molar-refractivity contribution in [3.8, 4) is 0 Å². The number of phosphoric acid groups is 2. The first kappa shape index (κ1) is 58.1. The summed E-state index contributed by atoms with van der Waals surface area (Å²) in [5, 5.41) is 31.2. The van der Waals surface area contributed by atoms with E-state index in [4.69, 9.17) is 29.0 Å². The van der Waals surface area contributed by atoms with E-state index in [0.29, 0.717) is 12.3 Å². The Morgan fingerprint density at radius 2 is 1.51 bits per heavy atom. The summed E-state index contributed by atoms with van der Waals surface area (Å²) in [6, 6.07) is 1.23. The van der Waals surface area contributed by atoms with Crippen molar-refractivity contribution >= 4 is 33.4 Å². The van der Waals surface area contributed by atoms with Crippen molar-refractivity contribution in [2.45, 2.75) is 180 Å². The van der Waals surface area contributed by atoms with Crippen LogP contribution in [0.4, 0.5) is 5.82 Å². The highest BCUT2D eigenvalue weighted by atomic mass is 31.3. The summed E-state index contributed by atoms with van der Waals surface area (Å²) in [5.41, 5.74) is 4.56. The van der Waals surface area contributed by atoms with Crippen LogP contribution >= 0.6 is 15.6 Å². The number of ether oxygens (including phenoxy) is 3. The zero-order valence-corrected chi connectivity index (χ0v) is 40.1. The van der Waals surface area contributed by atoms with E-state index in [1.807, 2.05) is 12.2 Å². The van der Waals surface area contributed by atoms with E-state index in [0.717, 1.165) is 55.7 Å². The van der Waals surface area contributed by atoms with Crippen LogP contribution in [0.5, 0.6) is 0 Å². The molecule has 3 unspecified atom stereocenters. The summed E-state index contributed by atoms with van der Waals surface area (Å²) in [6.45, 7) is 4.11. The maximum Gasteiger partial charge on any atom is 0.481 e. The Hall–Kier alpha value is -3.06. The van der Waals surface area contributed by atoms with Crippen molar-refractivity contribution in [2.24, 2.45) is 5.92 Å². The number of phosphoric ester groups is 2. The van der Waals surface area contributed by atoms with Gasteiger partial charge in [-0.05, 0) is 50.5 Å². The van der Waals surface area contributed by atoms with E-state index >= 15 is 0 Å². The first-order valence-corrected chi connectivity index (χ1v) is 26.0. The number of esters is 2. The molecule has 1 saturated heterocycles. The Bertz CT molecular complexity index is 1760. The lowest BCUT2D eigenvalue weighted by Crippen LogP contribution is -2.36. The van der Waals surface area contributed by atoms with Crippen molar-refractivity contribution in [1.29, 1.82) is 0 Å². The third-order valence-corrected chi connectivity index (χ3v) is 12.9. The molecule has 8 atom stereocenters. The molecule has 0 aromatic carbocycles. The zero-order chi connectivity index (χ0) is 48.1. The molecular formula is C44H75N3O16P2. The van der Waals surface area contributed by atoms with Gasteiger partial charge in [-0.15, -0.1) is 0 Å². The molecule has 372 valence electrons. The molecule has 0 saturated carbocycles. The van der Waals surface area contributed by atoms with E-state index in [9.17, 15) is 48.6 Å². The summed E-state index contributed by atoms with van der Waals surface area (Å²) in [6.07, 6.45) is 20.3. The second-order valence-electron chi connectivity index (χ2n) is 16.6. The van der Waals surface area contributed by atoms with Crippen LogP contribution in [-0.4, -0.2) is 96.9 Å². The molecular weight excluding hydrogens is 888 g/mol. The number of rotatable bonds is 36. The first-order valence-electron chi connectivity index (χ1n) is 23.0. The van der Waals surface area contributed by atoms with E-state index < -0.39 is 89.8 Å². The smallest absolute Gasteiger partial charge is 0.462 e. The van der Waals surface area contributed by atoms with Crippen LogP contribution in [0.25, 0.3) is 0 Å². The lowest BCUT2D eigenvalue weighted by Gasteiger charge is -2.21. The molecule has 1 aliphatic heterocycles. The summed E-state index contributed by atoms with van der Waals surface area (Å²) in [7, 11) is -10.9. The number of hydrogen-bond donors (Lipinski definition) is 6. The predicted molar refractivity (Wildman–Crippen MR) is 244 cm³/mol. The maximum atomic E-state index is 12.8. The van der Waals surface area contributed by atoms with Crippen molar-refractivity contribution in [2.75, 3.05) is 25.6 Å². The number of nitrogens with two attached hydrogens (primary N) is 1. The number of allylic oxidation sites excluding steroid dienone is 5. The quantitative estimate of drug-likeness (QED) is 0.0127. The van der Waals surface area contributed by atoms with Gasteiger partial charge >= 0.3 is 33.3 Å². The summed E-state index contributed by atoms with van der Waals surface area (Å²) >= 11 is 0. The predicted octanol–water partition coefficient (Wildman–Crippen LogP) is 7.27. The topological polar surface area (TPSA) is 286 Å². The lowest BCUT2D eigenvalue weighted by molar-refractivity contribution is -0.161. The highest BCUT2D eigenvalue weighted by Gasteiger charge is 2.46. The molecule has 0 bridgehead atoms. The molecule has 19 nitrogen and oxygen atoms in total. The van der Waals surface area contributed by atoms with Crippen LogP contribution in [0.2, 0.25) is 0 Å². The summed E-state index contributed by atoms with van der Waals surface area (Å²) < 4.78 is 56.3. The molecule has 7 N–H and O–H groups in total. The molecule has 0 amide bonds. The molecule has 65 heavy (non-hydrogen) atoms. The first-order chi connectivity index (χ1) is 30.9. The van der Waals surface area contributed by atoms with E-state index in [1.165, 1.54) is 51.0 Å². The van der Waals surface area contributed by atoms with Gasteiger partial charge in [0.1, 0.15) is 30.7 Å². The van der Waals surface area contributed by atoms with Gasteiger partial charge in [0, 0.05) is 19.0 Å². The Morgan fingerprint density at radius 3 is 2.22 bits per heavy atom. The number of aliphatic hydroxyl groups is 3. The molecule has 1 aromatic rings. The van der Waals surface area contributed by atoms with E-state index in [1.54, 1.807) is 12.2 Å². The normalized spacial score (nSPS) is 20.7. The number of anilines is 1. The third kappa shape index (κ3) is 26.8. The zero-order valence-electron chi connectivity index (χ0n) is 38.3. The SMILES string of the molecule is CCCCCCCC/C=C/C/C=C/C=C/C(O)CCCC(=O)O[C@H](COC(=O)CCCCCCCCC(C)C)COP(=O)(O)OP(=O)(O)OC[C@H]1O[C@@H](n2ccc(N)nc2=O)[C@H](O)[C@@H]1O. The van der Waals surface area contributed by atoms with Crippen LogP contribution in [0, 0.1) is 5.92 Å². The van der Waals surface area contributed by atoms with Crippen LogP contribution in [0.15, 0.2) is 53.5 Å². The monoisotopic (exact) mass is 963 g/mol. The second-order valence-corrected chi connectivity index (χ2v) is 19.6. The standard InChI is InChI=1S/C44H75N3O16P2/c1-4-5-6-7-8-9-10-11-12-13-14-18-21-25-35(48)26-23-28-40(50)61-36(31-58-39(49)27-22-19-16-15-17-20-24-34(2)3)32-59-64(54,55)63-65(56,57)60-33-37-41(51)42(52)43(62-37)47-30-29-38(45)46-44(47)53/h11-12,14,18,21,25,29-30,34-37,41-43,48,51-52H,4-10,13,15-17,19-20,22-24,26-28,31-33H2,1-3H3,(H,54,55)(H,56,57)(H2,45,46,53)/b12-11+,18-14+,25-21+/t35?,36-,37-,41-,42-,43-/m1/s1. The fraction of sp³-hybridized carbons (Fsp3) is 0.727. The van der Waals surface area contributed by atoms with Gasteiger partial charge < -0.3 is 45.1 Å². The van der Waals surface area contributed by atoms with Gasteiger partial charge in [0.05, 0.1) is 19.3 Å². The van der Waals surface area contributed by atoms with Gasteiger partial charge in [-0.3, -0.25) is 23.2 Å². The molecule has 0 spiro atoms. The number of nitrogens with zero attached hydrogens (tertiary/aromatic N) is 2. The van der Waals surface area contributed by atoms with Crippen molar-refractivity contribution in [3.05, 3.63) is 59.2 Å². The third-order valence-electron chi connectivity index (χ3n) is 10.3. The van der Waals surface area contributed by atoms with Crippen LogP contribution in [-0.2, 0) is 46.3 Å². The average molecular weight is 964 g/mol. The Balaban J connectivity index is 1.88. The van der Waals surface area contributed by atoms with Crippen LogP contribution < -0.4 is 11.4 Å². The minimum Gasteiger partial charge on any atom is -0.462 e. The van der Waals surface area contributed by atoms with E-state index in [2.05, 4.69) is 42.2 Å². The highest BCUT2D eigenvalue weighted by molar-refractivity contribution is 7.61.